The van der Waals surface area contributed by atoms with E-state index in [1.165, 1.54) is 43.5 Å². The lowest BCUT2D eigenvalue weighted by Gasteiger charge is -2.13. The molecule has 31 heavy (non-hydrogen) atoms. The molecule has 2 aromatic carbocycles. The van der Waals surface area contributed by atoms with Gasteiger partial charge in [-0.15, -0.1) is 0 Å². The zero-order chi connectivity index (χ0) is 22.5. The number of halogens is 2. The van der Waals surface area contributed by atoms with Gasteiger partial charge >= 0.3 is 6.03 Å². The number of carbonyl (C=O) groups excluding carboxylic acids is 3. The molecule has 1 aliphatic rings. The summed E-state index contributed by atoms with van der Waals surface area (Å²) in [5.41, 5.74) is 1.02. The average Bonchev–Trinajstić information content (AvgIpc) is 3.00. The van der Waals surface area contributed by atoms with E-state index in [4.69, 9.17) is 21.1 Å². The van der Waals surface area contributed by atoms with Crippen molar-refractivity contribution in [2.45, 2.75) is 6.92 Å². The van der Waals surface area contributed by atoms with Crippen LogP contribution in [0.15, 0.2) is 42.1 Å². The van der Waals surface area contributed by atoms with Crippen LogP contribution in [0, 0.1) is 5.82 Å². The van der Waals surface area contributed by atoms with Gasteiger partial charge in [0, 0.05) is 12.2 Å². The van der Waals surface area contributed by atoms with Crippen LogP contribution in [-0.2, 0) is 9.59 Å². The van der Waals surface area contributed by atoms with Crippen molar-refractivity contribution in [2.75, 3.05) is 25.6 Å². The summed E-state index contributed by atoms with van der Waals surface area (Å²) >= 11 is 6.29. The van der Waals surface area contributed by atoms with Gasteiger partial charge in [0.25, 0.3) is 11.8 Å². The lowest BCUT2D eigenvalue weighted by Crippen LogP contribution is -2.30. The fourth-order valence-corrected chi connectivity index (χ4v) is 3.13. The van der Waals surface area contributed by atoms with E-state index >= 15 is 0 Å². The second kappa shape index (κ2) is 9.48. The van der Waals surface area contributed by atoms with E-state index in [9.17, 15) is 18.8 Å². The Kier molecular flexibility index (Phi) is 6.76. The highest BCUT2D eigenvalue weighted by molar-refractivity contribution is 6.32. The summed E-state index contributed by atoms with van der Waals surface area (Å²) in [6.45, 7) is 1.57. The quantitative estimate of drug-likeness (QED) is 0.500. The van der Waals surface area contributed by atoms with E-state index in [-0.39, 0.29) is 35.4 Å². The first-order valence-corrected chi connectivity index (χ1v) is 9.60. The Balaban J connectivity index is 1.73. The third-order valence-electron chi connectivity index (χ3n) is 4.32. The number of anilines is 1. The molecule has 0 bridgehead atoms. The first-order chi connectivity index (χ1) is 14.8. The Hall–Kier alpha value is -3.59. The molecule has 0 saturated carbocycles. The molecule has 2 aromatic rings. The van der Waals surface area contributed by atoms with Crippen molar-refractivity contribution in [3.63, 3.8) is 0 Å². The molecular weight excluding hydrogens is 429 g/mol. The van der Waals surface area contributed by atoms with Crippen LogP contribution < -0.4 is 20.1 Å². The number of amides is 4. The summed E-state index contributed by atoms with van der Waals surface area (Å²) in [4.78, 5) is 37.2. The highest BCUT2D eigenvalue weighted by Gasteiger charge is 2.32. The molecule has 1 aliphatic heterocycles. The minimum atomic E-state index is -0.496. The van der Waals surface area contributed by atoms with E-state index in [1.54, 1.807) is 13.0 Å². The van der Waals surface area contributed by atoms with E-state index < -0.39 is 23.7 Å². The molecule has 2 N–H and O–H groups in total. The number of nitrogens with zero attached hydrogens (tertiary/aromatic N) is 1. The molecule has 0 aliphatic carbocycles. The van der Waals surface area contributed by atoms with Crippen LogP contribution in [0.3, 0.4) is 0 Å². The summed E-state index contributed by atoms with van der Waals surface area (Å²) in [6, 6.07) is 7.86. The lowest BCUT2D eigenvalue weighted by molar-refractivity contribution is -0.122. The molecule has 3 rings (SSSR count). The smallest absolute Gasteiger partial charge is 0.328 e. The minimum Gasteiger partial charge on any atom is -0.493 e. The highest BCUT2D eigenvalue weighted by atomic mass is 35.5. The number of methoxy groups -OCH3 is 1. The van der Waals surface area contributed by atoms with Crippen molar-refractivity contribution in [1.29, 1.82) is 0 Å². The maximum absolute atomic E-state index is 12.9. The van der Waals surface area contributed by atoms with Gasteiger partial charge in [0.1, 0.15) is 11.5 Å². The van der Waals surface area contributed by atoms with Gasteiger partial charge in [0.05, 0.1) is 12.1 Å². The zero-order valence-electron chi connectivity index (χ0n) is 16.7. The first kappa shape index (κ1) is 22.1. The second-order valence-electron chi connectivity index (χ2n) is 6.42. The Labute approximate surface area is 182 Å². The molecule has 10 heteroatoms. The van der Waals surface area contributed by atoms with Crippen molar-refractivity contribution in [1.82, 2.24) is 10.2 Å². The number of carbonyl (C=O) groups is 3. The van der Waals surface area contributed by atoms with Crippen molar-refractivity contribution < 1.29 is 28.2 Å². The standard InChI is InChI=1S/C21H19ClFN3O5/c1-3-26-20(28)16(25-21(26)29)9-12-8-15(22)19(17(10-12)30-2)31-11-18(27)24-14-6-4-13(23)5-7-14/h4-10H,3,11H2,1-2H3,(H,24,27)(H,25,29)/b16-9+. The number of ether oxygens (including phenoxy) is 2. The molecule has 4 amide bonds. The van der Waals surface area contributed by atoms with Crippen molar-refractivity contribution >= 4 is 41.2 Å². The van der Waals surface area contributed by atoms with Crippen LogP contribution in [0.25, 0.3) is 6.08 Å². The fraction of sp³-hybridized carbons (Fsp3) is 0.190. The summed E-state index contributed by atoms with van der Waals surface area (Å²) in [7, 11) is 1.40. The van der Waals surface area contributed by atoms with E-state index in [0.29, 0.717) is 11.3 Å². The molecule has 0 spiro atoms. The molecule has 1 fully saturated rings. The minimum absolute atomic E-state index is 0.109. The number of imide groups is 1. The molecular formula is C21H19ClFN3O5. The molecule has 162 valence electrons. The Bertz CT molecular complexity index is 1060. The van der Waals surface area contributed by atoms with E-state index in [0.717, 1.165) is 4.90 Å². The molecule has 0 atom stereocenters. The summed E-state index contributed by atoms with van der Waals surface area (Å²) < 4.78 is 23.7. The lowest BCUT2D eigenvalue weighted by atomic mass is 10.1. The molecule has 1 heterocycles. The molecule has 0 aromatic heterocycles. The van der Waals surface area contributed by atoms with Crippen LogP contribution in [-0.4, -0.2) is 43.0 Å². The number of hydrogen-bond donors (Lipinski definition) is 2. The number of nitrogens with one attached hydrogen (secondary N) is 2. The average molecular weight is 448 g/mol. The Morgan fingerprint density at radius 3 is 2.58 bits per heavy atom. The fourth-order valence-electron chi connectivity index (χ4n) is 2.86. The van der Waals surface area contributed by atoms with Gasteiger partial charge in [-0.25, -0.2) is 9.18 Å². The molecule has 0 unspecified atom stereocenters. The first-order valence-electron chi connectivity index (χ1n) is 9.22. The van der Waals surface area contributed by atoms with E-state index in [2.05, 4.69) is 10.6 Å². The maximum Gasteiger partial charge on any atom is 0.328 e. The van der Waals surface area contributed by atoms with Crippen LogP contribution in [0.1, 0.15) is 12.5 Å². The predicted molar refractivity (Wildman–Crippen MR) is 112 cm³/mol. The van der Waals surface area contributed by atoms with Crippen molar-refractivity contribution in [2.24, 2.45) is 0 Å². The van der Waals surface area contributed by atoms with Gasteiger partial charge in [0.15, 0.2) is 18.1 Å². The Morgan fingerprint density at radius 1 is 1.26 bits per heavy atom. The number of likely N-dealkylation sites (N-methyl/N-ethyl adjacent to an activating group) is 1. The van der Waals surface area contributed by atoms with Crippen LogP contribution in [0.4, 0.5) is 14.9 Å². The number of urea groups is 1. The van der Waals surface area contributed by atoms with Crippen molar-refractivity contribution in [3.05, 3.63) is 58.5 Å². The SMILES string of the molecule is CCN1C(=O)N/C(=C/c2cc(Cl)c(OCC(=O)Nc3ccc(F)cc3)c(OC)c2)C1=O. The third-order valence-corrected chi connectivity index (χ3v) is 4.60. The Morgan fingerprint density at radius 2 is 1.97 bits per heavy atom. The van der Waals surface area contributed by atoms with E-state index in [1.807, 2.05) is 0 Å². The zero-order valence-corrected chi connectivity index (χ0v) is 17.5. The van der Waals surface area contributed by atoms with Gasteiger partial charge in [0.2, 0.25) is 0 Å². The summed E-state index contributed by atoms with van der Waals surface area (Å²) in [5, 5.41) is 5.21. The largest absolute Gasteiger partial charge is 0.493 e. The predicted octanol–water partition coefficient (Wildman–Crippen LogP) is 3.42. The van der Waals surface area contributed by atoms with Crippen molar-refractivity contribution in [3.8, 4) is 11.5 Å². The number of rotatable bonds is 7. The number of benzene rings is 2. The molecule has 1 saturated heterocycles. The highest BCUT2D eigenvalue weighted by Crippen LogP contribution is 2.37. The summed E-state index contributed by atoms with van der Waals surface area (Å²) in [6.07, 6.45) is 1.47. The maximum atomic E-state index is 12.9. The van der Waals surface area contributed by atoms with Crippen LogP contribution >= 0.6 is 11.6 Å². The van der Waals surface area contributed by atoms with Crippen LogP contribution in [0.5, 0.6) is 11.5 Å². The molecule has 8 nitrogen and oxygen atoms in total. The van der Waals surface area contributed by atoms with Gasteiger partial charge in [-0.05, 0) is 55.0 Å². The van der Waals surface area contributed by atoms with Gasteiger partial charge in [-0.1, -0.05) is 11.6 Å². The normalized spacial score (nSPS) is 14.6. The van der Waals surface area contributed by atoms with Gasteiger partial charge in [-0.2, -0.15) is 0 Å². The summed E-state index contributed by atoms with van der Waals surface area (Å²) in [5.74, 6) is -0.965. The van der Waals surface area contributed by atoms with Gasteiger partial charge in [-0.3, -0.25) is 14.5 Å². The molecule has 0 radical (unpaired) electrons. The monoisotopic (exact) mass is 447 g/mol. The third kappa shape index (κ3) is 5.13. The van der Waals surface area contributed by atoms with Crippen LogP contribution in [0.2, 0.25) is 5.02 Å². The second-order valence-corrected chi connectivity index (χ2v) is 6.82. The number of hydrogen-bond acceptors (Lipinski definition) is 5. The topological polar surface area (TPSA) is 97.0 Å². The van der Waals surface area contributed by atoms with Gasteiger partial charge < -0.3 is 20.1 Å².